The zero-order valence-corrected chi connectivity index (χ0v) is 15.7. The second kappa shape index (κ2) is 8.29. The number of hydrogen-bond acceptors (Lipinski definition) is 6. The average molecular weight is 389 g/mol. The Balaban J connectivity index is 1.71. The molecule has 28 heavy (non-hydrogen) atoms. The molecule has 7 heteroatoms. The molecule has 1 heterocycles. The van der Waals surface area contributed by atoms with E-state index in [0.717, 1.165) is 16.9 Å². The molecule has 2 aromatic carbocycles. The molecule has 0 saturated carbocycles. The van der Waals surface area contributed by atoms with E-state index in [0.29, 0.717) is 26.8 Å². The maximum absolute atomic E-state index is 12.4. The number of phenols is 1. The van der Waals surface area contributed by atoms with Crippen LogP contribution in [-0.4, -0.2) is 21.8 Å². The topological polar surface area (TPSA) is 103 Å². The molecular weight excluding hydrogens is 374 g/mol. The Morgan fingerprint density at radius 1 is 1.14 bits per heavy atom. The number of nitrogens with zero attached hydrogens (tertiary/aromatic N) is 2. The molecule has 2 N–H and O–H groups in total. The third kappa shape index (κ3) is 4.50. The van der Waals surface area contributed by atoms with Gasteiger partial charge in [-0.3, -0.25) is 14.9 Å². The van der Waals surface area contributed by atoms with Crippen molar-refractivity contribution in [2.75, 3.05) is 5.32 Å². The third-order valence-corrected chi connectivity index (χ3v) is 4.92. The van der Waals surface area contributed by atoms with E-state index in [9.17, 15) is 14.7 Å². The summed E-state index contributed by atoms with van der Waals surface area (Å²) in [6.45, 7) is 1.70. The van der Waals surface area contributed by atoms with E-state index in [1.807, 2.05) is 6.07 Å². The highest BCUT2D eigenvalue weighted by atomic mass is 32.1. The molecule has 0 aliphatic carbocycles. The van der Waals surface area contributed by atoms with E-state index in [1.54, 1.807) is 61.5 Å². The van der Waals surface area contributed by atoms with Gasteiger partial charge in [-0.1, -0.05) is 29.5 Å². The van der Waals surface area contributed by atoms with Crippen LogP contribution in [0, 0.1) is 18.3 Å². The highest BCUT2D eigenvalue weighted by molar-refractivity contribution is 7.18. The Labute approximate surface area is 165 Å². The zero-order chi connectivity index (χ0) is 20.1. The van der Waals surface area contributed by atoms with Gasteiger partial charge in [-0.15, -0.1) is 0 Å². The molecule has 0 radical (unpaired) electrons. The molecular formula is C21H15N3O3S. The van der Waals surface area contributed by atoms with Gasteiger partial charge in [-0.25, -0.2) is 4.98 Å². The first-order chi connectivity index (χ1) is 13.5. The summed E-state index contributed by atoms with van der Waals surface area (Å²) >= 11 is 1.10. The fourth-order valence-electron chi connectivity index (χ4n) is 2.38. The van der Waals surface area contributed by atoms with Gasteiger partial charge in [-0.05, 0) is 55.0 Å². The van der Waals surface area contributed by atoms with Crippen molar-refractivity contribution >= 4 is 34.2 Å². The monoisotopic (exact) mass is 389 g/mol. The molecule has 6 nitrogen and oxygen atoms in total. The summed E-state index contributed by atoms with van der Waals surface area (Å²) in [5, 5.41) is 21.1. The van der Waals surface area contributed by atoms with Crippen LogP contribution in [-0.2, 0) is 0 Å². The molecule has 0 unspecified atom stereocenters. The minimum absolute atomic E-state index is 0.157. The summed E-state index contributed by atoms with van der Waals surface area (Å²) in [4.78, 5) is 29.4. The van der Waals surface area contributed by atoms with Crippen LogP contribution in [0.5, 0.6) is 5.75 Å². The molecule has 0 fully saturated rings. The van der Waals surface area contributed by atoms with Gasteiger partial charge in [0, 0.05) is 5.56 Å². The number of ketones is 1. The number of hydrogen-bond donors (Lipinski definition) is 2. The predicted octanol–water partition coefficient (Wildman–Crippen LogP) is 4.18. The smallest absolute Gasteiger partial charge is 0.257 e. The number of thiazole rings is 1. The van der Waals surface area contributed by atoms with E-state index >= 15 is 0 Å². The van der Waals surface area contributed by atoms with E-state index < -0.39 is 0 Å². The number of phenolic OH excluding ortho intramolecular Hbond substituents is 1. The summed E-state index contributed by atoms with van der Waals surface area (Å²) in [6, 6.07) is 14.7. The second-order valence-corrected chi connectivity index (χ2v) is 6.87. The second-order valence-electron chi connectivity index (χ2n) is 5.87. The number of nitriles is 1. The van der Waals surface area contributed by atoms with E-state index in [4.69, 9.17) is 5.26 Å². The van der Waals surface area contributed by atoms with E-state index in [2.05, 4.69) is 10.3 Å². The number of carbonyl (C=O) groups excluding carboxylic acids is 2. The van der Waals surface area contributed by atoms with Crippen molar-refractivity contribution in [3.63, 3.8) is 0 Å². The molecule has 0 spiro atoms. The largest absolute Gasteiger partial charge is 0.508 e. The fraction of sp³-hybridized carbons (Fsp3) is 0.0476. The van der Waals surface area contributed by atoms with Crippen LogP contribution in [0.25, 0.3) is 6.08 Å². The first-order valence-electron chi connectivity index (χ1n) is 8.26. The molecule has 3 aromatic rings. The number of nitrogens with one attached hydrogen (secondary N) is 1. The fourth-order valence-corrected chi connectivity index (χ4v) is 3.26. The Morgan fingerprint density at radius 3 is 2.46 bits per heavy atom. The maximum Gasteiger partial charge on any atom is 0.257 e. The SMILES string of the molecule is Cc1nc(NC(=O)c2ccc(C#N)cc2)sc1C(=O)C=Cc1ccc(O)cc1. The molecule has 0 saturated heterocycles. The molecule has 0 aliphatic rings. The normalized spacial score (nSPS) is 10.6. The summed E-state index contributed by atoms with van der Waals surface area (Å²) in [5.74, 6) is -0.428. The number of aromatic hydroxyl groups is 1. The van der Waals surface area contributed by atoms with Gasteiger partial charge in [0.2, 0.25) is 0 Å². The summed E-state index contributed by atoms with van der Waals surface area (Å²) in [7, 11) is 0. The number of rotatable bonds is 5. The Kier molecular flexibility index (Phi) is 5.63. The average Bonchev–Trinajstić information content (AvgIpc) is 3.07. The lowest BCUT2D eigenvalue weighted by Crippen LogP contribution is -2.11. The van der Waals surface area contributed by atoms with Crippen molar-refractivity contribution in [1.29, 1.82) is 5.26 Å². The summed E-state index contributed by atoms with van der Waals surface area (Å²) in [5.41, 5.74) is 2.17. The summed E-state index contributed by atoms with van der Waals surface area (Å²) < 4.78 is 0. The maximum atomic E-state index is 12.4. The molecule has 1 amide bonds. The first kappa shape index (κ1) is 19.0. The van der Waals surface area contributed by atoms with Gasteiger partial charge in [0.1, 0.15) is 5.75 Å². The number of amides is 1. The van der Waals surface area contributed by atoms with Crippen molar-refractivity contribution < 1.29 is 14.7 Å². The molecule has 0 bridgehead atoms. The van der Waals surface area contributed by atoms with Gasteiger partial charge in [-0.2, -0.15) is 5.26 Å². The van der Waals surface area contributed by atoms with E-state index in [1.165, 1.54) is 6.08 Å². The number of allylic oxidation sites excluding steroid dienone is 1. The van der Waals surface area contributed by atoms with Crippen molar-refractivity contribution in [3.05, 3.63) is 81.9 Å². The van der Waals surface area contributed by atoms with Crippen LogP contribution in [0.3, 0.4) is 0 Å². The zero-order valence-electron chi connectivity index (χ0n) is 14.8. The lowest BCUT2D eigenvalue weighted by Gasteiger charge is -2.01. The van der Waals surface area contributed by atoms with Gasteiger partial charge >= 0.3 is 0 Å². The van der Waals surface area contributed by atoms with Crippen molar-refractivity contribution in [2.24, 2.45) is 0 Å². The number of aromatic nitrogens is 1. The van der Waals surface area contributed by atoms with Crippen LogP contribution < -0.4 is 5.32 Å². The molecule has 0 atom stereocenters. The third-order valence-electron chi connectivity index (χ3n) is 3.84. The van der Waals surface area contributed by atoms with Crippen molar-refractivity contribution in [2.45, 2.75) is 6.92 Å². The highest BCUT2D eigenvalue weighted by Crippen LogP contribution is 2.24. The van der Waals surface area contributed by atoms with Gasteiger partial charge in [0.25, 0.3) is 5.91 Å². The molecule has 1 aromatic heterocycles. The quantitative estimate of drug-likeness (QED) is 0.503. The van der Waals surface area contributed by atoms with Crippen LogP contribution >= 0.6 is 11.3 Å². The number of aryl methyl sites for hydroxylation is 1. The lowest BCUT2D eigenvalue weighted by atomic mass is 10.1. The van der Waals surface area contributed by atoms with Crippen molar-refractivity contribution in [3.8, 4) is 11.8 Å². The standard InChI is InChI=1S/C21H15N3O3S/c1-13-19(18(26)11-6-14-4-9-17(25)10-5-14)28-21(23-13)24-20(27)16-7-2-15(12-22)3-8-16/h2-11,25H,1H3,(H,23,24,27). The Morgan fingerprint density at radius 2 is 1.82 bits per heavy atom. The van der Waals surface area contributed by atoms with Gasteiger partial charge < -0.3 is 5.11 Å². The molecule has 3 rings (SSSR count). The predicted molar refractivity (Wildman–Crippen MR) is 107 cm³/mol. The van der Waals surface area contributed by atoms with Crippen LogP contribution in [0.15, 0.2) is 54.6 Å². The lowest BCUT2D eigenvalue weighted by molar-refractivity contribution is 0.102. The van der Waals surface area contributed by atoms with Gasteiger partial charge in [0.05, 0.1) is 22.2 Å². The minimum Gasteiger partial charge on any atom is -0.508 e. The van der Waals surface area contributed by atoms with Crippen LogP contribution in [0.2, 0.25) is 0 Å². The number of anilines is 1. The van der Waals surface area contributed by atoms with Crippen LogP contribution in [0.4, 0.5) is 5.13 Å². The van der Waals surface area contributed by atoms with Gasteiger partial charge in [0.15, 0.2) is 10.9 Å². The Bertz CT molecular complexity index is 1090. The molecule has 0 aliphatic heterocycles. The number of benzene rings is 2. The van der Waals surface area contributed by atoms with E-state index in [-0.39, 0.29) is 17.4 Å². The highest BCUT2D eigenvalue weighted by Gasteiger charge is 2.15. The Hall–Kier alpha value is -3.76. The number of carbonyl (C=O) groups is 2. The minimum atomic E-state index is -0.364. The summed E-state index contributed by atoms with van der Waals surface area (Å²) in [6.07, 6.45) is 3.08. The molecule has 138 valence electrons. The van der Waals surface area contributed by atoms with Crippen LogP contribution in [0.1, 0.15) is 36.9 Å². The van der Waals surface area contributed by atoms with Crippen molar-refractivity contribution in [1.82, 2.24) is 4.98 Å². The first-order valence-corrected chi connectivity index (χ1v) is 9.08.